The van der Waals surface area contributed by atoms with Gasteiger partial charge in [0.15, 0.2) is 0 Å². The van der Waals surface area contributed by atoms with Crippen LogP contribution >= 0.6 is 0 Å². The predicted octanol–water partition coefficient (Wildman–Crippen LogP) is 2.66. The van der Waals surface area contributed by atoms with Crippen LogP contribution in [0.3, 0.4) is 0 Å². The highest BCUT2D eigenvalue weighted by atomic mass is 16.3. The van der Waals surface area contributed by atoms with Gasteiger partial charge in [-0.3, -0.25) is 0 Å². The van der Waals surface area contributed by atoms with E-state index in [1.165, 1.54) is 0 Å². The number of anilines is 1. The molecule has 0 spiro atoms. The van der Waals surface area contributed by atoms with Crippen molar-refractivity contribution < 1.29 is 10.2 Å². The van der Waals surface area contributed by atoms with Crippen LogP contribution in [0.15, 0.2) is 18.2 Å². The van der Waals surface area contributed by atoms with Gasteiger partial charge in [0.2, 0.25) is 0 Å². The molecular formula is C17H28N2O2. The summed E-state index contributed by atoms with van der Waals surface area (Å²) < 4.78 is 0. The van der Waals surface area contributed by atoms with E-state index in [4.69, 9.17) is 5.11 Å². The quantitative estimate of drug-likeness (QED) is 0.723. The normalized spacial score (nSPS) is 20.0. The first kappa shape index (κ1) is 16.1. The van der Waals surface area contributed by atoms with Crippen molar-refractivity contribution in [2.24, 2.45) is 5.92 Å². The minimum atomic E-state index is 0.166. The average molecular weight is 292 g/mol. The first-order valence-electron chi connectivity index (χ1n) is 8.07. The number of nitrogens with one attached hydrogen (secondary N) is 1. The van der Waals surface area contributed by atoms with Crippen LogP contribution in [0, 0.1) is 5.92 Å². The summed E-state index contributed by atoms with van der Waals surface area (Å²) in [6.45, 7) is 7.42. The summed E-state index contributed by atoms with van der Waals surface area (Å²) in [6, 6.07) is 6.17. The SMILES string of the molecule is CCCNC(C)c1ccc(N2CCC(CCO)C2)cc1O. The van der Waals surface area contributed by atoms with Gasteiger partial charge >= 0.3 is 0 Å². The van der Waals surface area contributed by atoms with Crippen molar-refractivity contribution in [3.05, 3.63) is 23.8 Å². The molecule has 1 saturated heterocycles. The first-order chi connectivity index (χ1) is 10.2. The lowest BCUT2D eigenvalue weighted by molar-refractivity contribution is 0.263. The Morgan fingerprint density at radius 2 is 2.24 bits per heavy atom. The summed E-state index contributed by atoms with van der Waals surface area (Å²) in [4.78, 5) is 2.30. The fourth-order valence-electron chi connectivity index (χ4n) is 3.05. The molecule has 0 radical (unpaired) electrons. The molecule has 1 aliphatic rings. The number of aliphatic hydroxyl groups is 1. The fraction of sp³-hybridized carbons (Fsp3) is 0.647. The number of nitrogens with zero attached hydrogens (tertiary/aromatic N) is 1. The van der Waals surface area contributed by atoms with Gasteiger partial charge in [0.05, 0.1) is 0 Å². The molecule has 0 bridgehead atoms. The molecule has 2 atom stereocenters. The lowest BCUT2D eigenvalue weighted by Crippen LogP contribution is -2.21. The van der Waals surface area contributed by atoms with E-state index < -0.39 is 0 Å². The largest absolute Gasteiger partial charge is 0.508 e. The number of phenolic OH excluding ortho intramolecular Hbond substituents is 1. The van der Waals surface area contributed by atoms with E-state index in [1.54, 1.807) is 0 Å². The van der Waals surface area contributed by atoms with E-state index in [2.05, 4.69) is 30.1 Å². The molecule has 0 amide bonds. The van der Waals surface area contributed by atoms with Crippen LogP contribution in [0.5, 0.6) is 5.75 Å². The van der Waals surface area contributed by atoms with Crippen LogP contribution in [0.25, 0.3) is 0 Å². The molecule has 4 nitrogen and oxygen atoms in total. The molecular weight excluding hydrogens is 264 g/mol. The molecule has 118 valence electrons. The Balaban J connectivity index is 2.02. The highest BCUT2D eigenvalue weighted by Gasteiger charge is 2.23. The van der Waals surface area contributed by atoms with Gasteiger partial charge in [0, 0.05) is 43.1 Å². The summed E-state index contributed by atoms with van der Waals surface area (Å²) in [6.07, 6.45) is 3.08. The summed E-state index contributed by atoms with van der Waals surface area (Å²) in [5, 5.41) is 22.7. The van der Waals surface area contributed by atoms with Gasteiger partial charge in [0.25, 0.3) is 0 Å². The molecule has 0 aromatic heterocycles. The zero-order valence-corrected chi connectivity index (χ0v) is 13.2. The van der Waals surface area contributed by atoms with E-state index in [9.17, 15) is 5.11 Å². The maximum atomic E-state index is 10.3. The summed E-state index contributed by atoms with van der Waals surface area (Å²) in [7, 11) is 0. The van der Waals surface area contributed by atoms with Crippen molar-refractivity contribution >= 4 is 5.69 Å². The topological polar surface area (TPSA) is 55.7 Å². The molecule has 0 aliphatic carbocycles. The van der Waals surface area contributed by atoms with Crippen LogP contribution in [0.1, 0.15) is 44.7 Å². The van der Waals surface area contributed by atoms with Crippen molar-refractivity contribution in [1.82, 2.24) is 5.32 Å². The molecule has 3 N–H and O–H groups in total. The molecule has 21 heavy (non-hydrogen) atoms. The third kappa shape index (κ3) is 4.11. The Labute approximate surface area is 127 Å². The van der Waals surface area contributed by atoms with Crippen molar-refractivity contribution in [3.63, 3.8) is 0 Å². The average Bonchev–Trinajstić information content (AvgIpc) is 2.93. The Morgan fingerprint density at radius 3 is 2.90 bits per heavy atom. The van der Waals surface area contributed by atoms with E-state index in [0.29, 0.717) is 11.7 Å². The number of aromatic hydroxyl groups is 1. The number of aliphatic hydroxyl groups excluding tert-OH is 1. The van der Waals surface area contributed by atoms with Gasteiger partial charge < -0.3 is 20.4 Å². The zero-order chi connectivity index (χ0) is 15.2. The van der Waals surface area contributed by atoms with Crippen molar-refractivity contribution in [3.8, 4) is 5.75 Å². The van der Waals surface area contributed by atoms with Crippen LogP contribution in [0.2, 0.25) is 0 Å². The minimum Gasteiger partial charge on any atom is -0.508 e. The van der Waals surface area contributed by atoms with Crippen LogP contribution in [-0.4, -0.2) is 36.5 Å². The second-order valence-electron chi connectivity index (χ2n) is 6.03. The Kier molecular flexibility index (Phi) is 5.88. The molecule has 1 aliphatic heterocycles. The van der Waals surface area contributed by atoms with Crippen molar-refractivity contribution in [2.45, 2.75) is 39.2 Å². The number of benzene rings is 1. The molecule has 1 fully saturated rings. The van der Waals surface area contributed by atoms with E-state index in [1.807, 2.05) is 12.1 Å². The maximum Gasteiger partial charge on any atom is 0.122 e. The maximum absolute atomic E-state index is 10.3. The van der Waals surface area contributed by atoms with Crippen LogP contribution in [0.4, 0.5) is 5.69 Å². The third-order valence-electron chi connectivity index (χ3n) is 4.37. The van der Waals surface area contributed by atoms with Crippen LogP contribution in [-0.2, 0) is 0 Å². The number of rotatable bonds is 7. The minimum absolute atomic E-state index is 0.166. The van der Waals surface area contributed by atoms with Crippen molar-refractivity contribution in [2.75, 3.05) is 31.1 Å². The van der Waals surface area contributed by atoms with Gasteiger partial charge in [-0.15, -0.1) is 0 Å². The standard InChI is InChI=1S/C17H28N2O2/c1-3-8-18-13(2)16-5-4-15(11-17(16)21)19-9-6-14(12-19)7-10-20/h4-5,11,13-14,18,20-21H,3,6-10,12H2,1-2H3. The molecule has 1 heterocycles. The Bertz CT molecular complexity index is 450. The number of hydrogen-bond acceptors (Lipinski definition) is 4. The van der Waals surface area contributed by atoms with Gasteiger partial charge in [-0.05, 0) is 44.7 Å². The monoisotopic (exact) mass is 292 g/mol. The lowest BCUT2D eigenvalue weighted by atomic mass is 10.1. The third-order valence-corrected chi connectivity index (χ3v) is 4.37. The lowest BCUT2D eigenvalue weighted by Gasteiger charge is -2.21. The summed E-state index contributed by atoms with van der Waals surface area (Å²) in [5.74, 6) is 0.941. The predicted molar refractivity (Wildman–Crippen MR) is 86.8 cm³/mol. The van der Waals surface area contributed by atoms with E-state index in [0.717, 1.165) is 50.1 Å². The summed E-state index contributed by atoms with van der Waals surface area (Å²) in [5.41, 5.74) is 2.04. The van der Waals surface area contributed by atoms with Crippen molar-refractivity contribution in [1.29, 1.82) is 0 Å². The number of phenols is 1. The number of hydrogen-bond donors (Lipinski definition) is 3. The molecule has 1 aromatic carbocycles. The molecule has 4 heteroatoms. The van der Waals surface area contributed by atoms with E-state index >= 15 is 0 Å². The van der Waals surface area contributed by atoms with Crippen LogP contribution < -0.4 is 10.2 Å². The molecule has 0 saturated carbocycles. The Morgan fingerprint density at radius 1 is 1.43 bits per heavy atom. The molecule has 1 aromatic rings. The second-order valence-corrected chi connectivity index (χ2v) is 6.03. The van der Waals surface area contributed by atoms with Gasteiger partial charge in [-0.2, -0.15) is 0 Å². The fourth-order valence-corrected chi connectivity index (χ4v) is 3.05. The molecule has 2 rings (SSSR count). The van der Waals surface area contributed by atoms with Gasteiger partial charge in [-0.25, -0.2) is 0 Å². The second kappa shape index (κ2) is 7.66. The highest BCUT2D eigenvalue weighted by molar-refractivity contribution is 5.54. The molecule has 2 unspecified atom stereocenters. The summed E-state index contributed by atoms with van der Waals surface area (Å²) >= 11 is 0. The Hall–Kier alpha value is -1.26. The smallest absolute Gasteiger partial charge is 0.122 e. The van der Waals surface area contributed by atoms with E-state index in [-0.39, 0.29) is 12.6 Å². The van der Waals surface area contributed by atoms with Gasteiger partial charge in [-0.1, -0.05) is 13.0 Å². The first-order valence-corrected chi connectivity index (χ1v) is 8.07. The zero-order valence-electron chi connectivity index (χ0n) is 13.2. The van der Waals surface area contributed by atoms with Gasteiger partial charge in [0.1, 0.15) is 5.75 Å². The highest BCUT2D eigenvalue weighted by Crippen LogP contribution is 2.32.